The van der Waals surface area contributed by atoms with Gasteiger partial charge in [-0.3, -0.25) is 19.2 Å². The molecule has 0 atom stereocenters. The van der Waals surface area contributed by atoms with E-state index in [9.17, 15) is 19.2 Å². The Morgan fingerprint density at radius 3 is 1.32 bits per heavy atom. The van der Waals surface area contributed by atoms with Crippen LogP contribution < -0.4 is 0 Å². The van der Waals surface area contributed by atoms with Crippen molar-refractivity contribution in [2.24, 2.45) is 12.4 Å². The number of carbonyl (C=O) groups is 4. The second kappa shape index (κ2) is 19.8. The van der Waals surface area contributed by atoms with Crippen molar-refractivity contribution in [2.75, 3.05) is 0 Å². The summed E-state index contributed by atoms with van der Waals surface area (Å²) in [6.07, 6.45) is 3.88. The molecule has 25 heavy (non-hydrogen) atoms. The summed E-state index contributed by atoms with van der Waals surface area (Å²) in [6.45, 7) is 7.59. The van der Waals surface area contributed by atoms with Gasteiger partial charge in [0.25, 0.3) is 0 Å². The van der Waals surface area contributed by atoms with E-state index in [4.69, 9.17) is 10.1 Å². The van der Waals surface area contributed by atoms with E-state index in [-0.39, 0.29) is 52.8 Å². The molecule has 0 aromatic carbocycles. The van der Waals surface area contributed by atoms with Crippen LogP contribution in [0.4, 0.5) is 0 Å². The second-order valence-corrected chi connectivity index (χ2v) is 4.82. The third-order valence-electron chi connectivity index (χ3n) is 2.06. The minimum absolute atomic E-state index is 0. The van der Waals surface area contributed by atoms with E-state index in [1.54, 1.807) is 6.20 Å². The molecule has 1 heterocycles. The molecule has 10 heteroatoms. The van der Waals surface area contributed by atoms with Crippen molar-refractivity contribution in [1.29, 1.82) is 0 Å². The molecule has 0 bridgehead atoms. The summed E-state index contributed by atoms with van der Waals surface area (Å²) in [5, 5.41) is 9.00. The van der Waals surface area contributed by atoms with Gasteiger partial charge in [-0.1, -0.05) is 0 Å². The number of nitrogens with zero attached hydrogens (tertiary/aromatic N) is 3. The van der Waals surface area contributed by atoms with Gasteiger partial charge in [-0.25, -0.2) is 4.98 Å². The molecule has 0 fully saturated rings. The van der Waals surface area contributed by atoms with Crippen LogP contribution in [-0.2, 0) is 43.0 Å². The smallest absolute Gasteiger partial charge is 0.137 e. The number of carbonyl (C=O) groups excluding carboxylic acids is 4. The Kier molecular flexibility index (Phi) is 24.3. The molecule has 0 saturated heterocycles. The van der Waals surface area contributed by atoms with Crippen LogP contribution in [0.3, 0.4) is 0 Å². The molecule has 0 aliphatic carbocycles. The molecule has 145 valence electrons. The van der Waals surface area contributed by atoms with Gasteiger partial charge in [-0.2, -0.15) is 0 Å². The molecule has 0 aliphatic heterocycles. The summed E-state index contributed by atoms with van der Waals surface area (Å²) in [5.41, 5.74) is 0. The molecule has 1 rings (SSSR count). The molecule has 9 nitrogen and oxygen atoms in total. The number of imidazole rings is 1. The first-order valence-electron chi connectivity index (χ1n) is 6.84. The summed E-state index contributed by atoms with van der Waals surface area (Å²) in [5.74, 6) is 0.806. The van der Waals surface area contributed by atoms with Crippen molar-refractivity contribution in [2.45, 2.75) is 47.5 Å². The van der Waals surface area contributed by atoms with E-state index in [0.29, 0.717) is 0 Å². The summed E-state index contributed by atoms with van der Waals surface area (Å²) >= 11 is 0. The Labute approximate surface area is 157 Å². The number of rotatable bonds is 4. The molecule has 0 amide bonds. The van der Waals surface area contributed by atoms with Gasteiger partial charge < -0.3 is 14.7 Å². The molecule has 1 aromatic rings. The van der Waals surface area contributed by atoms with Gasteiger partial charge in [0.1, 0.15) is 29.0 Å². The van der Waals surface area contributed by atoms with Crippen molar-refractivity contribution in [3.63, 3.8) is 0 Å². The van der Waals surface area contributed by atoms with Gasteiger partial charge in [-0.15, -0.1) is 5.34 Å². The van der Waals surface area contributed by atoms with Crippen molar-refractivity contribution in [3.05, 3.63) is 28.3 Å². The first-order chi connectivity index (χ1) is 11.0. The van der Waals surface area contributed by atoms with Crippen molar-refractivity contribution < 1.29 is 36.0 Å². The number of hydrogen-bond acceptors (Lipinski definition) is 8. The molecule has 1 aromatic heterocycles. The Morgan fingerprint density at radius 1 is 1.00 bits per heavy atom. The quantitative estimate of drug-likeness (QED) is 0.427. The molecular weight excluding hydrogens is 377 g/mol. The number of Topliss-reactive ketones (excluding diaryl/α,β-unsaturated/α-hetero) is 4. The average molecular weight is 401 g/mol. The third-order valence-corrected chi connectivity index (χ3v) is 2.06. The van der Waals surface area contributed by atoms with E-state index in [0.717, 1.165) is 11.2 Å². The second-order valence-electron chi connectivity index (χ2n) is 4.82. The van der Waals surface area contributed by atoms with Gasteiger partial charge in [-0.05, 0) is 34.6 Å². The van der Waals surface area contributed by atoms with Crippen molar-refractivity contribution >= 4 is 23.1 Å². The molecule has 1 radical (unpaired) electrons. The average Bonchev–Trinajstić information content (AvgIpc) is 2.72. The Morgan fingerprint density at radius 2 is 1.28 bits per heavy atom. The largest absolute Gasteiger partial charge is 0.444 e. The zero-order chi connectivity index (χ0) is 19.7. The summed E-state index contributed by atoms with van der Waals surface area (Å²) in [6, 6.07) is 0. The van der Waals surface area contributed by atoms with Crippen LogP contribution in [0.15, 0.2) is 17.7 Å². The van der Waals surface area contributed by atoms with E-state index in [2.05, 4.69) is 4.98 Å². The number of aromatic nitrogens is 2. The molecule has 0 spiro atoms. The molecule has 0 aliphatic rings. The predicted molar refractivity (Wildman–Crippen MR) is 89.1 cm³/mol. The van der Waals surface area contributed by atoms with Crippen molar-refractivity contribution in [1.82, 2.24) is 9.55 Å². The normalized spacial score (nSPS) is 7.76. The van der Waals surface area contributed by atoms with Crippen LogP contribution in [0.5, 0.6) is 0 Å². The van der Waals surface area contributed by atoms with Crippen LogP contribution in [-0.4, -0.2) is 32.7 Å². The van der Waals surface area contributed by atoms with Crippen LogP contribution in [0, 0.1) is 17.0 Å². The zero-order valence-electron chi connectivity index (χ0n) is 15.2. The van der Waals surface area contributed by atoms with Gasteiger partial charge in [0, 0.05) is 36.2 Å². The van der Waals surface area contributed by atoms with E-state index in [1.807, 2.05) is 24.7 Å². The van der Waals surface area contributed by atoms with Crippen LogP contribution in [0.25, 0.3) is 0 Å². The van der Waals surface area contributed by atoms with Gasteiger partial charge in [0.05, 0.1) is 12.8 Å². The summed E-state index contributed by atoms with van der Waals surface area (Å²) in [4.78, 5) is 52.1. The van der Waals surface area contributed by atoms with Crippen molar-refractivity contribution in [3.8, 4) is 0 Å². The number of aryl methyl sites for hydroxylation is 2. The van der Waals surface area contributed by atoms with E-state index < -0.39 is 0 Å². The SMILES string of the molecule is CC(=O)CC(C)=O.CC(=O)CC(C)=O.Cc1nccn1C.O=N[O-].[Co]. The van der Waals surface area contributed by atoms with E-state index >= 15 is 0 Å². The predicted octanol–water partition coefficient (Wildman–Crippen LogP) is 2.09. The maximum absolute atomic E-state index is 10.0. The van der Waals surface area contributed by atoms with Gasteiger partial charge in [0.15, 0.2) is 0 Å². The maximum atomic E-state index is 10.0. The summed E-state index contributed by atoms with van der Waals surface area (Å²) < 4.78 is 1.97. The standard InChI is InChI=1S/C5H8N2.2C5H8O2.Co.HNO2/c1-5-6-3-4-7(5)2;2*1-4(6)3-5(2)7;;2-1-3/h3-4H,1-2H3;2*3H2,1-2H3;;(H,2,3)/p-1. The number of hydrogen-bond donors (Lipinski definition) is 0. The van der Waals surface area contributed by atoms with Crippen LogP contribution in [0.1, 0.15) is 46.4 Å². The monoisotopic (exact) mass is 401 g/mol. The first kappa shape index (κ1) is 30.7. The van der Waals surface area contributed by atoms with Crippen LogP contribution >= 0.6 is 0 Å². The molecule has 0 unspecified atom stereocenters. The Bertz CT molecular complexity index is 477. The van der Waals surface area contributed by atoms with Gasteiger partial charge in [0.2, 0.25) is 0 Å². The zero-order valence-corrected chi connectivity index (χ0v) is 16.2. The van der Waals surface area contributed by atoms with E-state index in [1.165, 1.54) is 27.7 Å². The fraction of sp³-hybridized carbons (Fsp3) is 0.533. The minimum Gasteiger partial charge on any atom is -0.444 e. The summed E-state index contributed by atoms with van der Waals surface area (Å²) in [7, 11) is 1.97. The molecular formula is C15H24CoN3O6-. The fourth-order valence-electron chi connectivity index (χ4n) is 1.14. The Balaban J connectivity index is -0.000000120. The topological polar surface area (TPSA) is 139 Å². The minimum atomic E-state index is -0.0625. The molecule has 0 N–H and O–H groups in total. The Hall–Kier alpha value is -2.20. The maximum Gasteiger partial charge on any atom is 0.137 e. The third kappa shape index (κ3) is 34.2. The molecule has 0 saturated carbocycles. The number of ketones is 4. The van der Waals surface area contributed by atoms with Gasteiger partial charge >= 0.3 is 0 Å². The van der Waals surface area contributed by atoms with Crippen LogP contribution in [0.2, 0.25) is 0 Å². The first-order valence-corrected chi connectivity index (χ1v) is 6.84. The fourth-order valence-corrected chi connectivity index (χ4v) is 1.14.